The van der Waals surface area contributed by atoms with Crippen LogP contribution in [-0.4, -0.2) is 55.1 Å². The van der Waals surface area contributed by atoms with Gasteiger partial charge < -0.3 is 10.2 Å². The van der Waals surface area contributed by atoms with Crippen LogP contribution in [0.1, 0.15) is 25.0 Å². The Morgan fingerprint density at radius 1 is 0.829 bits per heavy atom. The van der Waals surface area contributed by atoms with Crippen LogP contribution in [-0.2, 0) is 32.6 Å². The Hall–Kier alpha value is -3.72. The van der Waals surface area contributed by atoms with Crippen LogP contribution in [0.3, 0.4) is 0 Å². The number of carbonyl (C=O) groups excluding carboxylic acids is 2. The SMILES string of the molecule is CC(C)NC(=O)[C@@H](Cc1ccccc1)N(Cc1cccc(Cl)c1)C(=O)CN(C)S(=O)(=O)c1ccc2ccccc2c1. The van der Waals surface area contributed by atoms with Gasteiger partial charge in [-0.1, -0.05) is 84.4 Å². The van der Waals surface area contributed by atoms with E-state index in [-0.39, 0.29) is 29.8 Å². The Morgan fingerprint density at radius 2 is 1.49 bits per heavy atom. The number of amides is 2. The molecule has 4 rings (SSSR count). The van der Waals surface area contributed by atoms with Crippen molar-refractivity contribution in [2.75, 3.05) is 13.6 Å². The number of nitrogens with zero attached hydrogens (tertiary/aromatic N) is 2. The molecule has 0 saturated heterocycles. The number of hydrogen-bond acceptors (Lipinski definition) is 4. The van der Waals surface area contributed by atoms with E-state index in [4.69, 9.17) is 11.6 Å². The number of benzene rings is 4. The van der Waals surface area contributed by atoms with Crippen molar-refractivity contribution in [3.05, 3.63) is 113 Å². The van der Waals surface area contributed by atoms with Gasteiger partial charge >= 0.3 is 0 Å². The van der Waals surface area contributed by atoms with Crippen molar-refractivity contribution in [1.82, 2.24) is 14.5 Å². The average Bonchev–Trinajstić information content (AvgIpc) is 2.94. The van der Waals surface area contributed by atoms with Crippen molar-refractivity contribution in [2.45, 2.75) is 43.8 Å². The molecule has 0 aliphatic carbocycles. The third-order valence-electron chi connectivity index (χ3n) is 6.73. The molecular formula is C32H34ClN3O4S. The smallest absolute Gasteiger partial charge is 0.243 e. The quantitative estimate of drug-likeness (QED) is 0.257. The normalized spacial score (nSPS) is 12.4. The molecular weight excluding hydrogens is 558 g/mol. The fourth-order valence-electron chi connectivity index (χ4n) is 4.64. The molecule has 0 heterocycles. The van der Waals surface area contributed by atoms with Crippen LogP contribution in [0.5, 0.6) is 0 Å². The largest absolute Gasteiger partial charge is 0.352 e. The lowest BCUT2D eigenvalue weighted by Gasteiger charge is -2.33. The minimum absolute atomic E-state index is 0.0757. The molecule has 0 spiro atoms. The first-order valence-electron chi connectivity index (χ1n) is 13.4. The van der Waals surface area contributed by atoms with Crippen molar-refractivity contribution in [3.8, 4) is 0 Å². The van der Waals surface area contributed by atoms with Gasteiger partial charge in [0, 0.05) is 31.1 Å². The van der Waals surface area contributed by atoms with Crippen LogP contribution in [0, 0.1) is 0 Å². The number of likely N-dealkylation sites (N-methyl/N-ethyl adjacent to an activating group) is 1. The number of hydrogen-bond donors (Lipinski definition) is 1. The lowest BCUT2D eigenvalue weighted by Crippen LogP contribution is -2.53. The first-order chi connectivity index (χ1) is 19.5. The number of rotatable bonds is 11. The molecule has 0 aliphatic heterocycles. The van der Waals surface area contributed by atoms with Crippen molar-refractivity contribution >= 4 is 44.2 Å². The summed E-state index contributed by atoms with van der Waals surface area (Å²) in [5, 5.41) is 5.12. The molecule has 0 aromatic heterocycles. The van der Waals surface area contributed by atoms with Gasteiger partial charge in [-0.25, -0.2) is 8.42 Å². The summed E-state index contributed by atoms with van der Waals surface area (Å²) in [6.45, 7) is 3.33. The zero-order chi connectivity index (χ0) is 29.6. The Kier molecular flexibility index (Phi) is 9.81. The summed E-state index contributed by atoms with van der Waals surface area (Å²) < 4.78 is 28.1. The summed E-state index contributed by atoms with van der Waals surface area (Å²) in [5.41, 5.74) is 1.60. The first-order valence-corrected chi connectivity index (χ1v) is 15.2. The van der Waals surface area contributed by atoms with Gasteiger partial charge in [0.25, 0.3) is 0 Å². The third-order valence-corrected chi connectivity index (χ3v) is 8.77. The van der Waals surface area contributed by atoms with E-state index in [1.165, 1.54) is 18.0 Å². The summed E-state index contributed by atoms with van der Waals surface area (Å²) in [5.74, 6) is -0.823. The van der Waals surface area contributed by atoms with Crippen LogP contribution in [0.2, 0.25) is 5.02 Å². The molecule has 1 atom stereocenters. The minimum Gasteiger partial charge on any atom is -0.352 e. The Balaban J connectivity index is 1.67. The molecule has 7 nitrogen and oxygen atoms in total. The van der Waals surface area contributed by atoms with E-state index >= 15 is 0 Å². The fraction of sp³-hybridized carbons (Fsp3) is 0.250. The van der Waals surface area contributed by atoms with Gasteiger partial charge in [-0.15, -0.1) is 0 Å². The summed E-state index contributed by atoms with van der Waals surface area (Å²) in [7, 11) is -2.62. The summed E-state index contributed by atoms with van der Waals surface area (Å²) >= 11 is 6.23. The van der Waals surface area contributed by atoms with Crippen LogP contribution in [0.25, 0.3) is 10.8 Å². The topological polar surface area (TPSA) is 86.8 Å². The van der Waals surface area contributed by atoms with Crippen molar-refractivity contribution in [1.29, 1.82) is 0 Å². The lowest BCUT2D eigenvalue weighted by molar-refractivity contribution is -0.141. The van der Waals surface area contributed by atoms with Gasteiger partial charge in [0.15, 0.2) is 0 Å². The molecule has 0 unspecified atom stereocenters. The van der Waals surface area contributed by atoms with Crippen LogP contribution in [0.15, 0.2) is 102 Å². The zero-order valence-electron chi connectivity index (χ0n) is 23.3. The average molecular weight is 592 g/mol. The second-order valence-corrected chi connectivity index (χ2v) is 12.8. The second kappa shape index (κ2) is 13.3. The Morgan fingerprint density at radius 3 is 2.17 bits per heavy atom. The van der Waals surface area contributed by atoms with Crippen molar-refractivity contribution in [3.63, 3.8) is 0 Å². The number of carbonyl (C=O) groups is 2. The maximum absolute atomic E-state index is 14.0. The summed E-state index contributed by atoms with van der Waals surface area (Å²) in [6.07, 6.45) is 0.257. The first kappa shape index (κ1) is 30.2. The predicted octanol–water partition coefficient (Wildman–Crippen LogP) is 5.28. The molecule has 4 aromatic carbocycles. The van der Waals surface area contributed by atoms with E-state index in [2.05, 4.69) is 5.32 Å². The van der Waals surface area contributed by atoms with Gasteiger partial charge in [0.1, 0.15) is 6.04 Å². The molecule has 1 N–H and O–H groups in total. The molecule has 0 aliphatic rings. The molecule has 2 amide bonds. The monoisotopic (exact) mass is 591 g/mol. The van der Waals surface area contributed by atoms with E-state index in [0.717, 1.165) is 26.2 Å². The van der Waals surface area contributed by atoms with E-state index in [1.54, 1.807) is 30.3 Å². The second-order valence-electron chi connectivity index (χ2n) is 10.3. The van der Waals surface area contributed by atoms with Crippen LogP contribution >= 0.6 is 11.6 Å². The van der Waals surface area contributed by atoms with Crippen molar-refractivity contribution < 1.29 is 18.0 Å². The van der Waals surface area contributed by atoms with E-state index < -0.39 is 28.5 Å². The zero-order valence-corrected chi connectivity index (χ0v) is 24.9. The van der Waals surface area contributed by atoms with Crippen LogP contribution < -0.4 is 5.32 Å². The molecule has 4 aromatic rings. The highest BCUT2D eigenvalue weighted by atomic mass is 35.5. The minimum atomic E-state index is -4.00. The number of nitrogens with one attached hydrogen (secondary N) is 1. The number of fused-ring (bicyclic) bond motifs is 1. The predicted molar refractivity (Wildman–Crippen MR) is 163 cm³/mol. The molecule has 0 bridgehead atoms. The van der Waals surface area contributed by atoms with Gasteiger partial charge in [0.05, 0.1) is 11.4 Å². The number of halogens is 1. The Labute approximate surface area is 246 Å². The Bertz CT molecular complexity index is 1630. The molecule has 0 radical (unpaired) electrons. The van der Waals surface area contributed by atoms with E-state index in [9.17, 15) is 18.0 Å². The highest BCUT2D eigenvalue weighted by molar-refractivity contribution is 7.89. The molecule has 9 heteroatoms. The maximum Gasteiger partial charge on any atom is 0.243 e. The van der Waals surface area contributed by atoms with Gasteiger partial charge in [0.2, 0.25) is 21.8 Å². The summed E-state index contributed by atoms with van der Waals surface area (Å²) in [6, 6.07) is 27.8. The standard InChI is InChI=1S/C32H34ClN3O4S/c1-23(2)34-32(38)30(19-24-10-5-4-6-11-24)36(21-25-12-9-15-28(33)18-25)31(37)22-35(3)41(39,40)29-17-16-26-13-7-8-14-27(26)20-29/h4-18,20,23,30H,19,21-22H2,1-3H3,(H,34,38)/t30-/m1/s1. The van der Waals surface area contributed by atoms with Gasteiger partial charge in [-0.05, 0) is 60.0 Å². The van der Waals surface area contributed by atoms with Gasteiger partial charge in [-0.3, -0.25) is 9.59 Å². The molecule has 0 fully saturated rings. The fourth-order valence-corrected chi connectivity index (χ4v) is 6.01. The molecule has 41 heavy (non-hydrogen) atoms. The molecule has 0 saturated carbocycles. The third kappa shape index (κ3) is 7.73. The highest BCUT2D eigenvalue weighted by Gasteiger charge is 2.33. The van der Waals surface area contributed by atoms with Crippen LogP contribution in [0.4, 0.5) is 0 Å². The molecule has 214 valence electrons. The van der Waals surface area contributed by atoms with E-state index in [0.29, 0.717) is 5.02 Å². The highest BCUT2D eigenvalue weighted by Crippen LogP contribution is 2.23. The lowest BCUT2D eigenvalue weighted by atomic mass is 10.0. The summed E-state index contributed by atoms with van der Waals surface area (Å²) in [4.78, 5) is 29.0. The number of sulfonamides is 1. The van der Waals surface area contributed by atoms with Crippen molar-refractivity contribution in [2.24, 2.45) is 0 Å². The van der Waals surface area contributed by atoms with E-state index in [1.807, 2.05) is 74.5 Å². The maximum atomic E-state index is 14.0. The van der Waals surface area contributed by atoms with Gasteiger partial charge in [-0.2, -0.15) is 4.31 Å².